The molecular formula is C23H27NO5. The van der Waals surface area contributed by atoms with E-state index in [1.807, 2.05) is 67.6 Å². The van der Waals surface area contributed by atoms with Crippen molar-refractivity contribution in [1.82, 2.24) is 0 Å². The molecule has 0 bridgehead atoms. The first-order valence-corrected chi connectivity index (χ1v) is 9.40. The van der Waals surface area contributed by atoms with Gasteiger partial charge in [0.15, 0.2) is 0 Å². The maximum Gasteiger partial charge on any atom is 0.340 e. The zero-order chi connectivity index (χ0) is 21.1. The maximum absolute atomic E-state index is 11.7. The van der Waals surface area contributed by atoms with E-state index < -0.39 is 5.97 Å². The van der Waals surface area contributed by atoms with Crippen LogP contribution in [0.3, 0.4) is 0 Å². The van der Waals surface area contributed by atoms with Crippen LogP contribution in [0.25, 0.3) is 0 Å². The maximum atomic E-state index is 11.7. The normalized spacial score (nSPS) is 13.7. The number of allylic oxidation sites excluding steroid dienone is 1. The first kappa shape index (κ1) is 22.3. The Morgan fingerprint density at radius 3 is 2.10 bits per heavy atom. The second kappa shape index (κ2) is 11.8. The molecular weight excluding hydrogens is 370 g/mol. The van der Waals surface area contributed by atoms with Gasteiger partial charge in [0.25, 0.3) is 0 Å². The van der Waals surface area contributed by atoms with Gasteiger partial charge < -0.3 is 19.7 Å². The van der Waals surface area contributed by atoms with Crippen molar-refractivity contribution in [2.45, 2.75) is 27.0 Å². The van der Waals surface area contributed by atoms with E-state index in [-0.39, 0.29) is 30.6 Å². The largest absolute Gasteiger partial charge is 0.512 e. The van der Waals surface area contributed by atoms with Gasteiger partial charge >= 0.3 is 5.97 Å². The van der Waals surface area contributed by atoms with Gasteiger partial charge in [-0.15, -0.1) is 0 Å². The zero-order valence-corrected chi connectivity index (χ0v) is 16.7. The van der Waals surface area contributed by atoms with Gasteiger partial charge in [-0.2, -0.15) is 0 Å². The average molecular weight is 397 g/mol. The molecule has 0 spiro atoms. The molecule has 2 rings (SSSR count). The Morgan fingerprint density at radius 1 is 0.966 bits per heavy atom. The third-order valence-electron chi connectivity index (χ3n) is 4.22. The van der Waals surface area contributed by atoms with Gasteiger partial charge in [0.1, 0.15) is 18.1 Å². The predicted octanol–water partition coefficient (Wildman–Crippen LogP) is 4.37. The number of carbonyl (C=O) groups is 1. The number of aliphatic imine (C=N–C) groups is 1. The van der Waals surface area contributed by atoms with Crippen molar-refractivity contribution < 1.29 is 24.5 Å². The summed E-state index contributed by atoms with van der Waals surface area (Å²) in [7, 11) is 0. The Kier molecular flexibility index (Phi) is 9.08. The highest BCUT2D eigenvalue weighted by atomic mass is 16.7. The van der Waals surface area contributed by atoms with E-state index >= 15 is 0 Å². The lowest BCUT2D eigenvalue weighted by Crippen LogP contribution is -2.25. The Morgan fingerprint density at radius 2 is 1.55 bits per heavy atom. The number of aliphatic carboxylic acids is 1. The van der Waals surface area contributed by atoms with E-state index in [9.17, 15) is 15.0 Å². The summed E-state index contributed by atoms with van der Waals surface area (Å²) in [6, 6.07) is 19.3. The fourth-order valence-corrected chi connectivity index (χ4v) is 2.79. The molecule has 6 nitrogen and oxygen atoms in total. The number of nitrogens with zero attached hydrogens (tertiary/aromatic N) is 1. The standard InChI is InChI=1S/C23H27NO5/c1-17(14-28-16-29-15-20-11-7-4-8-12-20)22(21(18(2)25)23(26)27)24-13-19-9-5-3-6-10-19/h3-12,17,25H,13-16H2,1-2H3,(H,26,27)/t17-/m0/s1. The number of benzene rings is 2. The van der Waals surface area contributed by atoms with Gasteiger partial charge in [0.05, 0.1) is 25.5 Å². The summed E-state index contributed by atoms with van der Waals surface area (Å²) in [5.74, 6) is -1.84. The number of rotatable bonds is 11. The molecule has 0 aliphatic carbocycles. The second-order valence-electron chi connectivity index (χ2n) is 6.68. The lowest BCUT2D eigenvalue weighted by atomic mass is 9.97. The molecule has 0 aromatic heterocycles. The molecule has 0 heterocycles. The van der Waals surface area contributed by atoms with Gasteiger partial charge in [-0.3, -0.25) is 4.99 Å². The molecule has 0 aliphatic heterocycles. The van der Waals surface area contributed by atoms with Crippen LogP contribution in [0, 0.1) is 5.92 Å². The van der Waals surface area contributed by atoms with E-state index in [1.165, 1.54) is 6.92 Å². The van der Waals surface area contributed by atoms with Crippen LogP contribution >= 0.6 is 0 Å². The lowest BCUT2D eigenvalue weighted by molar-refractivity contribution is -0.132. The number of hydrogen-bond donors (Lipinski definition) is 2. The third kappa shape index (κ3) is 7.52. The first-order valence-electron chi connectivity index (χ1n) is 9.40. The number of aliphatic hydroxyl groups is 1. The predicted molar refractivity (Wildman–Crippen MR) is 112 cm³/mol. The molecule has 0 saturated heterocycles. The summed E-state index contributed by atoms with van der Waals surface area (Å²) in [5.41, 5.74) is 2.09. The van der Waals surface area contributed by atoms with Crippen molar-refractivity contribution in [2.75, 3.05) is 13.4 Å². The Hall–Kier alpha value is -2.96. The monoisotopic (exact) mass is 397 g/mol. The molecule has 0 saturated carbocycles. The highest BCUT2D eigenvalue weighted by Crippen LogP contribution is 2.15. The Labute approximate surface area is 171 Å². The molecule has 2 aromatic carbocycles. The zero-order valence-electron chi connectivity index (χ0n) is 16.7. The lowest BCUT2D eigenvalue weighted by Gasteiger charge is -2.17. The molecule has 154 valence electrons. The first-order chi connectivity index (χ1) is 14.0. The summed E-state index contributed by atoms with van der Waals surface area (Å²) >= 11 is 0. The van der Waals surface area contributed by atoms with Crippen LogP contribution in [-0.4, -0.2) is 35.3 Å². The fourth-order valence-electron chi connectivity index (χ4n) is 2.79. The van der Waals surface area contributed by atoms with E-state index in [0.717, 1.165) is 11.1 Å². The van der Waals surface area contributed by atoms with Gasteiger partial charge in [-0.05, 0) is 18.1 Å². The summed E-state index contributed by atoms with van der Waals surface area (Å²) in [6.07, 6.45) is 0. The van der Waals surface area contributed by atoms with Crippen LogP contribution < -0.4 is 0 Å². The van der Waals surface area contributed by atoms with Crippen LogP contribution in [0.4, 0.5) is 0 Å². The molecule has 2 aromatic rings. The van der Waals surface area contributed by atoms with Crippen LogP contribution in [0.2, 0.25) is 0 Å². The molecule has 6 heteroatoms. The minimum Gasteiger partial charge on any atom is -0.512 e. The van der Waals surface area contributed by atoms with Gasteiger partial charge in [0.2, 0.25) is 0 Å². The fraction of sp³-hybridized carbons (Fsp3) is 0.304. The smallest absolute Gasteiger partial charge is 0.340 e. The molecule has 0 aliphatic rings. The van der Waals surface area contributed by atoms with Crippen molar-refractivity contribution in [3.05, 3.63) is 83.1 Å². The molecule has 0 unspecified atom stereocenters. The Bertz CT molecular complexity index is 827. The summed E-state index contributed by atoms with van der Waals surface area (Å²) in [4.78, 5) is 16.1. The number of hydrogen-bond acceptors (Lipinski definition) is 5. The molecule has 0 amide bonds. The minimum atomic E-state index is -1.22. The number of carboxylic acid groups (broad SMARTS) is 1. The van der Waals surface area contributed by atoms with Crippen molar-refractivity contribution in [3.8, 4) is 0 Å². The van der Waals surface area contributed by atoms with E-state index in [1.54, 1.807) is 0 Å². The van der Waals surface area contributed by atoms with Crippen molar-refractivity contribution in [2.24, 2.45) is 10.9 Å². The topological polar surface area (TPSA) is 88.4 Å². The molecule has 0 fully saturated rings. The van der Waals surface area contributed by atoms with Crippen LogP contribution in [0.1, 0.15) is 25.0 Å². The van der Waals surface area contributed by atoms with Crippen molar-refractivity contribution in [1.29, 1.82) is 0 Å². The second-order valence-corrected chi connectivity index (χ2v) is 6.68. The van der Waals surface area contributed by atoms with Crippen LogP contribution in [-0.2, 0) is 27.4 Å². The number of carboxylic acids is 1. The molecule has 1 atom stereocenters. The van der Waals surface area contributed by atoms with Crippen LogP contribution in [0.15, 0.2) is 77.0 Å². The quantitative estimate of drug-likeness (QED) is 0.193. The Balaban J connectivity index is 1.99. The van der Waals surface area contributed by atoms with Crippen molar-refractivity contribution >= 4 is 11.7 Å². The van der Waals surface area contributed by atoms with Gasteiger partial charge in [-0.25, -0.2) is 4.79 Å². The SMILES string of the molecule is CC(O)=C(C(=O)O)C(=NCc1ccccc1)[C@@H](C)COCOCc1ccccc1. The average Bonchev–Trinajstić information content (AvgIpc) is 2.71. The minimum absolute atomic E-state index is 0.0788. The number of ether oxygens (including phenoxy) is 2. The van der Waals surface area contributed by atoms with Crippen molar-refractivity contribution in [3.63, 3.8) is 0 Å². The van der Waals surface area contributed by atoms with Gasteiger partial charge in [-0.1, -0.05) is 67.6 Å². The summed E-state index contributed by atoms with van der Waals surface area (Å²) < 4.78 is 11.1. The molecule has 29 heavy (non-hydrogen) atoms. The van der Waals surface area contributed by atoms with E-state index in [2.05, 4.69) is 4.99 Å². The van der Waals surface area contributed by atoms with Crippen LogP contribution in [0.5, 0.6) is 0 Å². The third-order valence-corrected chi connectivity index (χ3v) is 4.22. The highest BCUT2D eigenvalue weighted by Gasteiger charge is 2.24. The van der Waals surface area contributed by atoms with E-state index in [0.29, 0.717) is 18.9 Å². The molecule has 2 N–H and O–H groups in total. The van der Waals surface area contributed by atoms with E-state index in [4.69, 9.17) is 9.47 Å². The highest BCUT2D eigenvalue weighted by molar-refractivity contribution is 6.20. The molecule has 0 radical (unpaired) electrons. The summed E-state index contributed by atoms with van der Waals surface area (Å²) in [6.45, 7) is 4.20. The van der Waals surface area contributed by atoms with Gasteiger partial charge in [0, 0.05) is 5.92 Å². The summed E-state index contributed by atoms with van der Waals surface area (Å²) in [5, 5.41) is 19.4. The number of aliphatic hydroxyl groups excluding tert-OH is 1.